The highest BCUT2D eigenvalue weighted by molar-refractivity contribution is 5.86. The van der Waals surface area contributed by atoms with Gasteiger partial charge >= 0.3 is 0 Å². The molecule has 1 aromatic heterocycles. The maximum Gasteiger partial charge on any atom is 0.0491 e. The highest BCUT2D eigenvalue weighted by Gasteiger charge is 2.08. The Labute approximate surface area is 90.5 Å². The molecule has 0 spiro atoms. The van der Waals surface area contributed by atoms with E-state index in [-0.39, 0.29) is 0 Å². The highest BCUT2D eigenvalue weighted by Crippen LogP contribution is 2.26. The molecule has 2 nitrogen and oxygen atoms in total. The van der Waals surface area contributed by atoms with Crippen molar-refractivity contribution in [3.8, 4) is 0 Å². The lowest BCUT2D eigenvalue weighted by Gasteiger charge is -2.06. The summed E-state index contributed by atoms with van der Waals surface area (Å²) in [5, 5.41) is 1.33. The number of benzene rings is 1. The van der Waals surface area contributed by atoms with E-state index in [1.54, 1.807) is 0 Å². The number of nitrogens with two attached hydrogens (primary N) is 1. The van der Waals surface area contributed by atoms with Crippen LogP contribution in [0, 0.1) is 0 Å². The number of para-hydroxylation sites is 1. The second-order valence-corrected chi connectivity index (χ2v) is 4.28. The molecule has 2 heteroatoms. The van der Waals surface area contributed by atoms with Gasteiger partial charge in [0.2, 0.25) is 0 Å². The van der Waals surface area contributed by atoms with Crippen molar-refractivity contribution < 1.29 is 0 Å². The van der Waals surface area contributed by atoms with Gasteiger partial charge in [0.25, 0.3) is 0 Å². The summed E-state index contributed by atoms with van der Waals surface area (Å²) >= 11 is 0. The molecule has 0 radical (unpaired) electrons. The fourth-order valence-electron chi connectivity index (χ4n) is 2.08. The Balaban J connectivity index is 2.58. The van der Waals surface area contributed by atoms with E-state index >= 15 is 0 Å². The Hall–Kier alpha value is -1.28. The molecule has 0 amide bonds. The van der Waals surface area contributed by atoms with Crippen LogP contribution >= 0.6 is 0 Å². The fourth-order valence-corrected chi connectivity index (χ4v) is 2.08. The van der Waals surface area contributed by atoms with Crippen molar-refractivity contribution in [2.24, 2.45) is 5.73 Å². The number of nitrogens with one attached hydrogen (secondary N) is 1. The van der Waals surface area contributed by atoms with Gasteiger partial charge in [0.1, 0.15) is 0 Å². The van der Waals surface area contributed by atoms with Gasteiger partial charge in [0, 0.05) is 17.1 Å². The van der Waals surface area contributed by atoms with Gasteiger partial charge in [-0.3, -0.25) is 0 Å². The van der Waals surface area contributed by atoms with Crippen molar-refractivity contribution in [3.63, 3.8) is 0 Å². The summed E-state index contributed by atoms with van der Waals surface area (Å²) in [6, 6.07) is 6.49. The van der Waals surface area contributed by atoms with E-state index in [0.29, 0.717) is 12.5 Å². The molecule has 0 saturated heterocycles. The van der Waals surface area contributed by atoms with Crippen LogP contribution in [-0.4, -0.2) is 11.5 Å². The van der Waals surface area contributed by atoms with Crippen LogP contribution in [0.5, 0.6) is 0 Å². The Morgan fingerprint density at radius 3 is 2.80 bits per heavy atom. The number of aromatic amines is 1. The highest BCUT2D eigenvalue weighted by atomic mass is 14.7. The normalized spacial score (nSPS) is 11.5. The first-order valence-electron chi connectivity index (χ1n) is 5.53. The Morgan fingerprint density at radius 2 is 2.13 bits per heavy atom. The van der Waals surface area contributed by atoms with E-state index in [2.05, 4.69) is 43.2 Å². The van der Waals surface area contributed by atoms with Gasteiger partial charge in [0.15, 0.2) is 0 Å². The van der Waals surface area contributed by atoms with Crippen molar-refractivity contribution in [1.82, 2.24) is 4.98 Å². The topological polar surface area (TPSA) is 41.8 Å². The average molecular weight is 202 g/mol. The third-order valence-electron chi connectivity index (χ3n) is 2.87. The van der Waals surface area contributed by atoms with Crippen LogP contribution in [-0.2, 0) is 6.42 Å². The Bertz CT molecular complexity index is 455. The van der Waals surface area contributed by atoms with E-state index in [0.717, 1.165) is 6.42 Å². The minimum Gasteiger partial charge on any atom is -0.361 e. The molecule has 0 aliphatic rings. The number of hydrogen-bond acceptors (Lipinski definition) is 1. The van der Waals surface area contributed by atoms with E-state index in [1.165, 1.54) is 22.0 Å². The third-order valence-corrected chi connectivity index (χ3v) is 2.87. The summed E-state index contributed by atoms with van der Waals surface area (Å²) in [7, 11) is 0. The van der Waals surface area contributed by atoms with Crippen molar-refractivity contribution in [3.05, 3.63) is 35.5 Å². The average Bonchev–Trinajstić information content (AvgIpc) is 2.62. The number of aromatic nitrogens is 1. The van der Waals surface area contributed by atoms with E-state index in [9.17, 15) is 0 Å². The molecule has 0 saturated carbocycles. The largest absolute Gasteiger partial charge is 0.361 e. The summed E-state index contributed by atoms with van der Waals surface area (Å²) in [5.74, 6) is 0.554. The Kier molecular flexibility index (Phi) is 2.78. The van der Waals surface area contributed by atoms with Crippen LogP contribution < -0.4 is 5.73 Å². The predicted octanol–water partition coefficient (Wildman–Crippen LogP) is 2.79. The quantitative estimate of drug-likeness (QED) is 0.789. The molecule has 0 aliphatic carbocycles. The lowest BCUT2D eigenvalue weighted by molar-refractivity contribution is 0.873. The predicted molar refractivity (Wildman–Crippen MR) is 65.1 cm³/mol. The monoisotopic (exact) mass is 202 g/mol. The number of H-pyrrole nitrogens is 1. The lowest BCUT2D eigenvalue weighted by atomic mass is 9.99. The first-order valence-corrected chi connectivity index (χ1v) is 5.53. The maximum atomic E-state index is 5.59. The van der Waals surface area contributed by atoms with Crippen LogP contribution in [0.15, 0.2) is 24.4 Å². The lowest BCUT2D eigenvalue weighted by Crippen LogP contribution is -2.01. The second-order valence-electron chi connectivity index (χ2n) is 4.28. The summed E-state index contributed by atoms with van der Waals surface area (Å²) in [5.41, 5.74) is 9.58. The van der Waals surface area contributed by atoms with Gasteiger partial charge in [-0.2, -0.15) is 0 Å². The zero-order valence-corrected chi connectivity index (χ0v) is 9.38. The van der Waals surface area contributed by atoms with Crippen LogP contribution in [0.3, 0.4) is 0 Å². The standard InChI is InChI=1S/C13H18N2/c1-9(2)11-4-3-5-12-10(6-7-14)8-15-13(11)12/h3-5,8-9,15H,6-7,14H2,1-2H3. The molecule has 0 unspecified atom stereocenters. The molecule has 15 heavy (non-hydrogen) atoms. The van der Waals surface area contributed by atoms with Gasteiger partial charge < -0.3 is 10.7 Å². The molecule has 0 bridgehead atoms. The number of rotatable bonds is 3. The van der Waals surface area contributed by atoms with Crippen molar-refractivity contribution >= 4 is 10.9 Å². The van der Waals surface area contributed by atoms with Gasteiger partial charge in [-0.05, 0) is 30.0 Å². The summed E-state index contributed by atoms with van der Waals surface area (Å²) < 4.78 is 0. The third kappa shape index (κ3) is 1.77. The zero-order valence-electron chi connectivity index (χ0n) is 9.38. The first-order chi connectivity index (χ1) is 7.24. The second kappa shape index (κ2) is 4.07. The Morgan fingerprint density at radius 1 is 1.33 bits per heavy atom. The summed E-state index contributed by atoms with van der Waals surface area (Å²) in [6.45, 7) is 5.15. The van der Waals surface area contributed by atoms with Crippen molar-refractivity contribution in [2.75, 3.05) is 6.54 Å². The van der Waals surface area contributed by atoms with Crippen LogP contribution in [0.2, 0.25) is 0 Å². The van der Waals surface area contributed by atoms with Crippen molar-refractivity contribution in [2.45, 2.75) is 26.2 Å². The zero-order chi connectivity index (χ0) is 10.8. The molecule has 0 fully saturated rings. The van der Waals surface area contributed by atoms with E-state index < -0.39 is 0 Å². The molecule has 3 N–H and O–H groups in total. The maximum absolute atomic E-state index is 5.59. The molecule has 2 rings (SSSR count). The van der Waals surface area contributed by atoms with Crippen LogP contribution in [0.4, 0.5) is 0 Å². The summed E-state index contributed by atoms with van der Waals surface area (Å²) in [6.07, 6.45) is 3.03. The van der Waals surface area contributed by atoms with E-state index in [4.69, 9.17) is 5.73 Å². The summed E-state index contributed by atoms with van der Waals surface area (Å²) in [4.78, 5) is 3.37. The number of hydrogen-bond donors (Lipinski definition) is 2. The fraction of sp³-hybridized carbons (Fsp3) is 0.385. The minimum atomic E-state index is 0.554. The SMILES string of the molecule is CC(C)c1cccc2c(CCN)c[nH]c12. The van der Waals surface area contributed by atoms with Gasteiger partial charge in [-0.25, -0.2) is 0 Å². The molecule has 1 heterocycles. The van der Waals surface area contributed by atoms with E-state index in [1.807, 2.05) is 0 Å². The molecule has 1 aromatic carbocycles. The smallest absolute Gasteiger partial charge is 0.0491 e. The molecule has 2 aromatic rings. The van der Waals surface area contributed by atoms with Crippen LogP contribution in [0.1, 0.15) is 30.9 Å². The van der Waals surface area contributed by atoms with Gasteiger partial charge in [0.05, 0.1) is 0 Å². The molecule has 0 atom stereocenters. The molecule has 80 valence electrons. The minimum absolute atomic E-state index is 0.554. The first kappa shape index (κ1) is 10.2. The molecular formula is C13H18N2. The van der Waals surface area contributed by atoms with Crippen LogP contribution in [0.25, 0.3) is 10.9 Å². The number of fused-ring (bicyclic) bond motifs is 1. The molecular weight excluding hydrogens is 184 g/mol. The van der Waals surface area contributed by atoms with Gasteiger partial charge in [-0.15, -0.1) is 0 Å². The van der Waals surface area contributed by atoms with Gasteiger partial charge in [-0.1, -0.05) is 32.0 Å². The van der Waals surface area contributed by atoms with Crippen molar-refractivity contribution in [1.29, 1.82) is 0 Å². The molecule has 0 aliphatic heterocycles.